The molecule has 7 heteroatoms. The average Bonchev–Trinajstić information content (AvgIpc) is 3.10. The molecule has 1 amide bonds. The molecule has 1 heterocycles. The number of amides is 1. The molecule has 0 saturated carbocycles. The van der Waals surface area contributed by atoms with Gasteiger partial charge in [-0.3, -0.25) is 4.79 Å². The summed E-state index contributed by atoms with van der Waals surface area (Å²) >= 11 is 1.37. The zero-order valence-corrected chi connectivity index (χ0v) is 15.3. The zero-order chi connectivity index (χ0) is 19.4. The zero-order valence-electron chi connectivity index (χ0n) is 14.5. The predicted octanol–water partition coefficient (Wildman–Crippen LogP) is 5.02. The van der Waals surface area contributed by atoms with Crippen LogP contribution in [0, 0.1) is 0 Å². The molecule has 0 spiro atoms. The molecule has 0 atom stereocenters. The van der Waals surface area contributed by atoms with E-state index in [9.17, 15) is 18.0 Å². The molecule has 27 heavy (non-hydrogen) atoms. The SMILES string of the molecule is CN(Cc1ccccc1C(F)(F)F)C(=O)c1csc(Cc2ccccc2)n1. The molecule has 0 aliphatic carbocycles. The van der Waals surface area contributed by atoms with Crippen molar-refractivity contribution in [3.63, 3.8) is 0 Å². The van der Waals surface area contributed by atoms with Crippen LogP contribution in [0.5, 0.6) is 0 Å². The normalized spacial score (nSPS) is 11.4. The van der Waals surface area contributed by atoms with Gasteiger partial charge in [0.15, 0.2) is 0 Å². The Bertz CT molecular complexity index is 922. The summed E-state index contributed by atoms with van der Waals surface area (Å²) in [6.07, 6.45) is -3.84. The van der Waals surface area contributed by atoms with Crippen molar-refractivity contribution in [1.82, 2.24) is 9.88 Å². The lowest BCUT2D eigenvalue weighted by Crippen LogP contribution is -2.27. The van der Waals surface area contributed by atoms with Crippen molar-refractivity contribution in [1.29, 1.82) is 0 Å². The molecule has 2 aromatic carbocycles. The standard InChI is InChI=1S/C20H17F3N2OS/c1-25(12-15-9-5-6-10-16(15)20(21,22)23)19(26)17-13-27-18(24-17)11-14-7-3-2-4-8-14/h2-10,13H,11-12H2,1H3. The molecule has 0 unspecified atom stereocenters. The van der Waals surface area contributed by atoms with Crippen molar-refractivity contribution in [2.45, 2.75) is 19.1 Å². The number of carbonyl (C=O) groups is 1. The van der Waals surface area contributed by atoms with Crippen molar-refractivity contribution in [2.75, 3.05) is 7.05 Å². The second-order valence-electron chi connectivity index (χ2n) is 6.10. The fourth-order valence-electron chi connectivity index (χ4n) is 2.72. The summed E-state index contributed by atoms with van der Waals surface area (Å²) in [5.74, 6) is -0.400. The van der Waals surface area contributed by atoms with Crippen molar-refractivity contribution in [2.24, 2.45) is 0 Å². The Labute approximate surface area is 159 Å². The van der Waals surface area contributed by atoms with Crippen molar-refractivity contribution >= 4 is 17.2 Å². The Hall–Kier alpha value is -2.67. The summed E-state index contributed by atoms with van der Waals surface area (Å²) in [4.78, 5) is 18.2. The lowest BCUT2D eigenvalue weighted by atomic mass is 10.1. The highest BCUT2D eigenvalue weighted by atomic mass is 32.1. The minimum Gasteiger partial charge on any atom is -0.336 e. The number of aromatic nitrogens is 1. The maximum atomic E-state index is 13.1. The van der Waals surface area contributed by atoms with Crippen molar-refractivity contribution in [3.05, 3.63) is 87.4 Å². The highest BCUT2D eigenvalue weighted by Crippen LogP contribution is 2.32. The van der Waals surface area contributed by atoms with E-state index in [-0.39, 0.29) is 17.8 Å². The van der Waals surface area contributed by atoms with E-state index in [4.69, 9.17) is 0 Å². The maximum absolute atomic E-state index is 13.1. The fraction of sp³-hybridized carbons (Fsp3) is 0.200. The van der Waals surface area contributed by atoms with E-state index in [1.54, 1.807) is 5.38 Å². The third-order valence-corrected chi connectivity index (χ3v) is 4.89. The first-order valence-electron chi connectivity index (χ1n) is 8.23. The number of alkyl halides is 3. The molecular weight excluding hydrogens is 373 g/mol. The number of hydrogen-bond acceptors (Lipinski definition) is 3. The first-order valence-corrected chi connectivity index (χ1v) is 9.11. The first kappa shape index (κ1) is 19.1. The van der Waals surface area contributed by atoms with E-state index < -0.39 is 17.6 Å². The van der Waals surface area contributed by atoms with Crippen LogP contribution < -0.4 is 0 Å². The quantitative estimate of drug-likeness (QED) is 0.613. The van der Waals surface area contributed by atoms with Gasteiger partial charge in [-0.05, 0) is 17.2 Å². The largest absolute Gasteiger partial charge is 0.416 e. The average molecular weight is 390 g/mol. The van der Waals surface area contributed by atoms with Gasteiger partial charge in [0.25, 0.3) is 5.91 Å². The topological polar surface area (TPSA) is 33.2 Å². The Morgan fingerprint density at radius 1 is 1.07 bits per heavy atom. The van der Waals surface area contributed by atoms with Crippen LogP contribution in [-0.2, 0) is 19.1 Å². The van der Waals surface area contributed by atoms with E-state index in [0.29, 0.717) is 6.42 Å². The first-order chi connectivity index (χ1) is 12.8. The van der Waals surface area contributed by atoms with Gasteiger partial charge in [-0.2, -0.15) is 13.2 Å². The van der Waals surface area contributed by atoms with Crippen molar-refractivity contribution < 1.29 is 18.0 Å². The molecular formula is C20H17F3N2OS. The number of hydrogen-bond donors (Lipinski definition) is 0. The van der Waals surface area contributed by atoms with Crippen LogP contribution in [0.25, 0.3) is 0 Å². The van der Waals surface area contributed by atoms with E-state index in [0.717, 1.165) is 16.6 Å². The molecule has 0 fully saturated rings. The second-order valence-corrected chi connectivity index (χ2v) is 7.05. The smallest absolute Gasteiger partial charge is 0.336 e. The molecule has 3 rings (SSSR count). The van der Waals surface area contributed by atoms with Crippen LogP contribution in [0.2, 0.25) is 0 Å². The van der Waals surface area contributed by atoms with E-state index >= 15 is 0 Å². The summed E-state index contributed by atoms with van der Waals surface area (Å²) < 4.78 is 39.4. The number of thiazole rings is 1. The number of benzene rings is 2. The summed E-state index contributed by atoms with van der Waals surface area (Å²) in [6, 6.07) is 15.0. The summed E-state index contributed by atoms with van der Waals surface area (Å²) in [7, 11) is 1.48. The molecule has 0 N–H and O–H groups in total. The van der Waals surface area contributed by atoms with E-state index in [2.05, 4.69) is 4.98 Å². The molecule has 1 aromatic heterocycles. The third kappa shape index (κ3) is 4.74. The Kier molecular flexibility index (Phi) is 5.60. The number of nitrogens with zero attached hydrogens (tertiary/aromatic N) is 2. The molecule has 3 aromatic rings. The van der Waals surface area contributed by atoms with Gasteiger partial charge in [0.05, 0.1) is 10.6 Å². The Morgan fingerprint density at radius 3 is 2.44 bits per heavy atom. The van der Waals surface area contributed by atoms with Crippen LogP contribution in [-0.4, -0.2) is 22.8 Å². The Balaban J connectivity index is 1.72. The minimum absolute atomic E-state index is 0.0561. The van der Waals surface area contributed by atoms with E-state index in [1.807, 2.05) is 30.3 Å². The van der Waals surface area contributed by atoms with Crippen LogP contribution in [0.4, 0.5) is 13.2 Å². The molecule has 0 radical (unpaired) electrons. The maximum Gasteiger partial charge on any atom is 0.416 e. The lowest BCUT2D eigenvalue weighted by Gasteiger charge is -2.19. The van der Waals surface area contributed by atoms with Crippen molar-refractivity contribution in [3.8, 4) is 0 Å². The number of carbonyl (C=O) groups excluding carboxylic acids is 1. The molecule has 0 saturated heterocycles. The highest BCUT2D eigenvalue weighted by Gasteiger charge is 2.33. The lowest BCUT2D eigenvalue weighted by molar-refractivity contribution is -0.138. The van der Waals surface area contributed by atoms with Crippen LogP contribution in [0.3, 0.4) is 0 Å². The fourth-order valence-corrected chi connectivity index (χ4v) is 3.52. The molecule has 0 aliphatic rings. The predicted molar refractivity (Wildman–Crippen MR) is 98.6 cm³/mol. The van der Waals surface area contributed by atoms with Gasteiger partial charge in [-0.25, -0.2) is 4.98 Å². The summed E-state index contributed by atoms with van der Waals surface area (Å²) in [6.45, 7) is -0.139. The van der Waals surface area contributed by atoms with Crippen LogP contribution >= 0.6 is 11.3 Å². The molecule has 0 bridgehead atoms. The minimum atomic E-state index is -4.45. The van der Waals surface area contributed by atoms with Gasteiger partial charge in [-0.1, -0.05) is 48.5 Å². The van der Waals surface area contributed by atoms with Gasteiger partial charge >= 0.3 is 6.18 Å². The van der Waals surface area contributed by atoms with Gasteiger partial charge in [0.1, 0.15) is 5.69 Å². The number of rotatable bonds is 5. The molecule has 140 valence electrons. The molecule has 0 aliphatic heterocycles. The number of halogens is 3. The van der Waals surface area contributed by atoms with Crippen LogP contribution in [0.15, 0.2) is 60.0 Å². The monoisotopic (exact) mass is 390 g/mol. The highest BCUT2D eigenvalue weighted by molar-refractivity contribution is 7.09. The van der Waals surface area contributed by atoms with Crippen LogP contribution in [0.1, 0.15) is 32.2 Å². The van der Waals surface area contributed by atoms with E-state index in [1.165, 1.54) is 41.5 Å². The second kappa shape index (κ2) is 7.92. The third-order valence-electron chi connectivity index (χ3n) is 4.05. The van der Waals surface area contributed by atoms with Gasteiger partial charge in [-0.15, -0.1) is 11.3 Å². The van der Waals surface area contributed by atoms with Gasteiger partial charge in [0.2, 0.25) is 0 Å². The van der Waals surface area contributed by atoms with Gasteiger partial charge < -0.3 is 4.90 Å². The van der Waals surface area contributed by atoms with Gasteiger partial charge in [0, 0.05) is 25.4 Å². The molecule has 3 nitrogen and oxygen atoms in total. The summed E-state index contributed by atoms with van der Waals surface area (Å²) in [5, 5.41) is 2.43. The summed E-state index contributed by atoms with van der Waals surface area (Å²) in [5.41, 5.74) is 0.657. The Morgan fingerprint density at radius 2 is 1.74 bits per heavy atom.